The highest BCUT2D eigenvalue weighted by Gasteiger charge is 2.07. The van der Waals surface area contributed by atoms with Crippen molar-refractivity contribution in [1.29, 1.82) is 0 Å². The van der Waals surface area contributed by atoms with Crippen LogP contribution in [0.2, 0.25) is 0 Å². The Hall–Kier alpha value is -2.22. The van der Waals surface area contributed by atoms with Gasteiger partial charge < -0.3 is 0 Å². The van der Waals surface area contributed by atoms with Gasteiger partial charge in [0.05, 0.1) is 12.6 Å². The molecule has 22 heavy (non-hydrogen) atoms. The molecule has 0 bridgehead atoms. The number of hydrogen-bond donors (Lipinski definition) is 0. The number of aliphatic imine (C=N–C) groups is 2. The summed E-state index contributed by atoms with van der Waals surface area (Å²) in [4.78, 5) is 9.30. The van der Waals surface area contributed by atoms with Gasteiger partial charge in [-0.15, -0.1) is 0 Å². The Morgan fingerprint density at radius 3 is 1.91 bits per heavy atom. The van der Waals surface area contributed by atoms with E-state index in [2.05, 4.69) is 43.1 Å². The Bertz CT molecular complexity index is 586. The lowest BCUT2D eigenvalue weighted by Gasteiger charge is -2.12. The zero-order valence-electron chi connectivity index (χ0n) is 13.4. The summed E-state index contributed by atoms with van der Waals surface area (Å²) >= 11 is 0. The molecule has 0 radical (unpaired) electrons. The van der Waals surface area contributed by atoms with Crippen LogP contribution in [0.5, 0.6) is 0 Å². The molecule has 0 fully saturated rings. The van der Waals surface area contributed by atoms with E-state index in [1.807, 2.05) is 48.8 Å². The average Bonchev–Trinajstić information content (AvgIpc) is 2.54. The van der Waals surface area contributed by atoms with E-state index in [1.54, 1.807) is 0 Å². The topological polar surface area (TPSA) is 24.7 Å². The van der Waals surface area contributed by atoms with Crippen LogP contribution in [0.15, 0.2) is 70.6 Å². The van der Waals surface area contributed by atoms with Gasteiger partial charge in [0.15, 0.2) is 0 Å². The number of rotatable bonds is 7. The van der Waals surface area contributed by atoms with Crippen molar-refractivity contribution in [2.75, 3.05) is 6.54 Å². The van der Waals surface area contributed by atoms with Crippen LogP contribution in [0.25, 0.3) is 0 Å². The molecule has 0 amide bonds. The van der Waals surface area contributed by atoms with E-state index in [0.717, 1.165) is 24.1 Å². The van der Waals surface area contributed by atoms with Gasteiger partial charge in [-0.3, -0.25) is 9.98 Å². The Labute approximate surface area is 133 Å². The molecule has 0 N–H and O–H groups in total. The number of nitrogens with zero attached hydrogens (tertiary/aromatic N) is 2. The largest absolute Gasteiger partial charge is 0.290 e. The van der Waals surface area contributed by atoms with Gasteiger partial charge in [-0.2, -0.15) is 0 Å². The molecule has 1 atom stereocenters. The van der Waals surface area contributed by atoms with Gasteiger partial charge in [-0.1, -0.05) is 74.5 Å². The van der Waals surface area contributed by atoms with Gasteiger partial charge in [0, 0.05) is 12.4 Å². The van der Waals surface area contributed by atoms with Gasteiger partial charge in [0.1, 0.15) is 0 Å². The first-order valence-corrected chi connectivity index (χ1v) is 7.87. The van der Waals surface area contributed by atoms with Crippen LogP contribution >= 0.6 is 0 Å². The Morgan fingerprint density at radius 2 is 1.36 bits per heavy atom. The fourth-order valence-electron chi connectivity index (χ4n) is 2.28. The summed E-state index contributed by atoms with van der Waals surface area (Å²) in [5.41, 5.74) is 2.28. The minimum absolute atomic E-state index is 0.236. The second-order valence-electron chi connectivity index (χ2n) is 5.88. The average molecular weight is 292 g/mol. The van der Waals surface area contributed by atoms with Crippen molar-refractivity contribution in [3.8, 4) is 0 Å². The van der Waals surface area contributed by atoms with Crippen LogP contribution in [0.4, 0.5) is 0 Å². The lowest BCUT2D eigenvalue weighted by Crippen LogP contribution is -2.13. The third-order valence-corrected chi connectivity index (χ3v) is 3.33. The lowest BCUT2D eigenvalue weighted by molar-refractivity contribution is 0.505. The second-order valence-corrected chi connectivity index (χ2v) is 5.88. The molecule has 0 aromatic heterocycles. The highest BCUT2D eigenvalue weighted by molar-refractivity contribution is 5.80. The van der Waals surface area contributed by atoms with Gasteiger partial charge in [0.2, 0.25) is 0 Å². The lowest BCUT2D eigenvalue weighted by atomic mass is 10.0. The summed E-state index contributed by atoms with van der Waals surface area (Å²) in [6, 6.07) is 20.7. The van der Waals surface area contributed by atoms with Crippen molar-refractivity contribution < 1.29 is 0 Å². The van der Waals surface area contributed by atoms with Crippen LogP contribution in [0, 0.1) is 5.92 Å². The van der Waals surface area contributed by atoms with Crippen LogP contribution < -0.4 is 0 Å². The maximum absolute atomic E-state index is 4.73. The Morgan fingerprint density at radius 1 is 0.818 bits per heavy atom. The summed E-state index contributed by atoms with van der Waals surface area (Å²) in [7, 11) is 0. The van der Waals surface area contributed by atoms with Crippen LogP contribution in [0.1, 0.15) is 31.4 Å². The van der Waals surface area contributed by atoms with Gasteiger partial charge in [-0.05, 0) is 23.5 Å². The smallest absolute Gasteiger partial charge is 0.0697 e. The van der Waals surface area contributed by atoms with E-state index in [4.69, 9.17) is 4.99 Å². The predicted molar refractivity (Wildman–Crippen MR) is 96.2 cm³/mol. The maximum atomic E-state index is 4.73. The fourth-order valence-corrected chi connectivity index (χ4v) is 2.28. The quantitative estimate of drug-likeness (QED) is 0.664. The van der Waals surface area contributed by atoms with Crippen molar-refractivity contribution in [3.05, 3.63) is 71.8 Å². The Balaban J connectivity index is 1.97. The van der Waals surface area contributed by atoms with Crippen molar-refractivity contribution in [1.82, 2.24) is 0 Å². The molecule has 0 saturated heterocycles. The van der Waals surface area contributed by atoms with E-state index in [0.29, 0.717) is 5.92 Å². The summed E-state index contributed by atoms with van der Waals surface area (Å²) in [6.07, 6.45) is 4.95. The molecular weight excluding hydrogens is 268 g/mol. The first-order valence-electron chi connectivity index (χ1n) is 7.87. The zero-order valence-corrected chi connectivity index (χ0v) is 13.4. The van der Waals surface area contributed by atoms with Crippen LogP contribution in [-0.4, -0.2) is 25.0 Å². The standard InChI is InChI=1S/C20H24N2/c1-17(2)13-20(22-15-19-11-7-4-8-12-19)16-21-14-18-9-5-3-6-10-18/h3-12,14-15,17,20H,13,16H2,1-2H3/t20-/m0/s1. The SMILES string of the molecule is CC(C)C[C@@H](CN=Cc1ccccc1)N=Cc1ccccc1. The van der Waals surface area contributed by atoms with Crippen molar-refractivity contribution in [2.45, 2.75) is 26.3 Å². The molecule has 0 unspecified atom stereocenters. The third-order valence-electron chi connectivity index (χ3n) is 3.33. The zero-order chi connectivity index (χ0) is 15.6. The molecule has 0 aliphatic carbocycles. The maximum Gasteiger partial charge on any atom is 0.0697 e. The summed E-state index contributed by atoms with van der Waals surface area (Å²) in [5.74, 6) is 0.616. The van der Waals surface area contributed by atoms with Crippen LogP contribution in [0.3, 0.4) is 0 Å². The first-order chi connectivity index (χ1) is 10.7. The highest BCUT2D eigenvalue weighted by Crippen LogP contribution is 2.09. The van der Waals surface area contributed by atoms with Crippen molar-refractivity contribution in [3.63, 3.8) is 0 Å². The van der Waals surface area contributed by atoms with E-state index < -0.39 is 0 Å². The monoisotopic (exact) mass is 292 g/mol. The second kappa shape index (κ2) is 8.93. The van der Waals surface area contributed by atoms with Crippen LogP contribution in [-0.2, 0) is 0 Å². The molecule has 0 saturated carbocycles. The molecule has 2 rings (SSSR count). The van der Waals surface area contributed by atoms with E-state index in [-0.39, 0.29) is 6.04 Å². The molecular formula is C20H24N2. The van der Waals surface area contributed by atoms with Gasteiger partial charge in [0.25, 0.3) is 0 Å². The first kappa shape index (κ1) is 16.2. The molecule has 2 aromatic rings. The van der Waals surface area contributed by atoms with Gasteiger partial charge in [-0.25, -0.2) is 0 Å². The summed E-state index contributed by atoms with van der Waals surface area (Å²) < 4.78 is 0. The molecule has 2 nitrogen and oxygen atoms in total. The van der Waals surface area contributed by atoms with Crippen molar-refractivity contribution >= 4 is 12.4 Å². The van der Waals surface area contributed by atoms with E-state index in [1.165, 1.54) is 0 Å². The predicted octanol–water partition coefficient (Wildman–Crippen LogP) is 4.64. The summed E-state index contributed by atoms with van der Waals surface area (Å²) in [6.45, 7) is 5.19. The summed E-state index contributed by atoms with van der Waals surface area (Å²) in [5, 5.41) is 0. The minimum Gasteiger partial charge on any atom is -0.290 e. The normalized spacial score (nSPS) is 13.2. The molecule has 0 aliphatic heterocycles. The molecule has 0 spiro atoms. The van der Waals surface area contributed by atoms with E-state index in [9.17, 15) is 0 Å². The number of benzene rings is 2. The number of hydrogen-bond acceptors (Lipinski definition) is 2. The Kier molecular flexibility index (Phi) is 6.56. The molecule has 2 heteroatoms. The highest BCUT2D eigenvalue weighted by atomic mass is 14.8. The minimum atomic E-state index is 0.236. The van der Waals surface area contributed by atoms with Crippen molar-refractivity contribution in [2.24, 2.45) is 15.9 Å². The molecule has 2 aromatic carbocycles. The fraction of sp³-hybridized carbons (Fsp3) is 0.300. The van der Waals surface area contributed by atoms with E-state index >= 15 is 0 Å². The third kappa shape index (κ3) is 6.04. The molecule has 0 aliphatic rings. The molecule has 114 valence electrons. The van der Waals surface area contributed by atoms with Gasteiger partial charge >= 0.3 is 0 Å². The molecule has 0 heterocycles.